The van der Waals surface area contributed by atoms with E-state index in [1.807, 2.05) is 6.92 Å². The Morgan fingerprint density at radius 2 is 2.60 bits per heavy atom. The molecule has 2 N–H and O–H groups in total. The van der Waals surface area contributed by atoms with Crippen LogP contribution in [-0.2, 0) is 11.2 Å². The first-order valence-electron chi connectivity index (χ1n) is 2.75. The van der Waals surface area contributed by atoms with Crippen LogP contribution in [-0.4, -0.2) is 15.4 Å². The lowest BCUT2D eigenvalue weighted by atomic mass is 10.4. The van der Waals surface area contributed by atoms with Gasteiger partial charge in [0.05, 0.1) is 0 Å². The van der Waals surface area contributed by atoms with Gasteiger partial charge in [-0.25, -0.2) is 4.98 Å². The third-order valence-electron chi connectivity index (χ3n) is 0.932. The maximum atomic E-state index is 10.1. The molecule has 0 aromatic carbocycles. The first kappa shape index (κ1) is 7.14. The number of carboxylic acid groups (broad SMARTS) is 1. The van der Waals surface area contributed by atoms with Gasteiger partial charge in [0, 0.05) is 11.3 Å². The minimum Gasteiger partial charge on any atom is -0.481 e. The number of hydrogen-bond acceptors (Lipinski definition) is 3. The van der Waals surface area contributed by atoms with Crippen molar-refractivity contribution in [1.29, 1.82) is 0 Å². The Hall–Kier alpha value is -0.970. The Morgan fingerprint density at radius 1 is 1.90 bits per heavy atom. The molecule has 54 valence electrons. The first-order valence-corrected chi connectivity index (χ1v) is 3.52. The van der Waals surface area contributed by atoms with E-state index in [0.29, 0.717) is 5.82 Å². The van der Waals surface area contributed by atoms with Crippen molar-refractivity contribution in [2.24, 2.45) is 0 Å². The van der Waals surface area contributed by atoms with E-state index in [2.05, 4.69) is 9.36 Å². The first-order chi connectivity index (χ1) is 4.68. The van der Waals surface area contributed by atoms with Gasteiger partial charge < -0.3 is 5.11 Å². The van der Waals surface area contributed by atoms with Gasteiger partial charge in [-0.3, -0.25) is 4.79 Å². The highest BCUT2D eigenvalue weighted by atomic mass is 32.1. The molecule has 4 nitrogen and oxygen atoms in total. The summed E-state index contributed by atoms with van der Waals surface area (Å²) in [5.74, 6) is -0.337. The molecule has 0 spiro atoms. The number of aliphatic carboxylic acids is 1. The SMILES string of the molecule is Cc1[nH+]c(CC(=O)O)ns1. The average molecular weight is 159 g/mol. The number of aromatic nitrogens is 2. The van der Waals surface area contributed by atoms with Gasteiger partial charge in [0.2, 0.25) is 0 Å². The second-order valence-electron chi connectivity index (χ2n) is 1.88. The predicted molar refractivity (Wildman–Crippen MR) is 34.7 cm³/mol. The summed E-state index contributed by atoms with van der Waals surface area (Å²) in [5, 5.41) is 9.25. The summed E-state index contributed by atoms with van der Waals surface area (Å²) in [4.78, 5) is 13.0. The van der Waals surface area contributed by atoms with Crippen LogP contribution in [0.3, 0.4) is 0 Å². The molecular formula is C5H7N2O2S+. The normalized spacial score (nSPS) is 9.70. The van der Waals surface area contributed by atoms with Gasteiger partial charge in [0.1, 0.15) is 11.5 Å². The number of aromatic amines is 1. The summed E-state index contributed by atoms with van der Waals surface area (Å²) < 4.78 is 3.86. The lowest BCUT2D eigenvalue weighted by molar-refractivity contribution is -0.394. The lowest BCUT2D eigenvalue weighted by Crippen LogP contribution is -2.13. The molecule has 0 bridgehead atoms. The van der Waals surface area contributed by atoms with Crippen molar-refractivity contribution in [3.63, 3.8) is 0 Å². The molecule has 0 aliphatic heterocycles. The van der Waals surface area contributed by atoms with Gasteiger partial charge in [-0.1, -0.05) is 0 Å². The largest absolute Gasteiger partial charge is 0.481 e. The summed E-state index contributed by atoms with van der Waals surface area (Å²) in [6.45, 7) is 1.85. The fourth-order valence-corrected chi connectivity index (χ4v) is 1.11. The van der Waals surface area contributed by atoms with E-state index >= 15 is 0 Å². The number of rotatable bonds is 2. The third-order valence-corrected chi connectivity index (χ3v) is 1.62. The average Bonchev–Trinajstić information content (AvgIpc) is 2.13. The van der Waals surface area contributed by atoms with Gasteiger partial charge in [-0.2, -0.15) is 0 Å². The zero-order valence-electron chi connectivity index (χ0n) is 5.42. The molecule has 0 saturated heterocycles. The molecule has 0 aliphatic carbocycles. The molecule has 0 unspecified atom stereocenters. The van der Waals surface area contributed by atoms with Gasteiger partial charge >= 0.3 is 11.8 Å². The Bertz CT molecular complexity index is 246. The zero-order valence-corrected chi connectivity index (χ0v) is 6.23. The number of nitrogens with one attached hydrogen (secondary N) is 1. The van der Waals surface area contributed by atoms with Crippen molar-refractivity contribution >= 4 is 17.5 Å². The van der Waals surface area contributed by atoms with Crippen LogP contribution in [0.1, 0.15) is 10.8 Å². The highest BCUT2D eigenvalue weighted by Crippen LogP contribution is 1.96. The monoisotopic (exact) mass is 159 g/mol. The number of H-pyrrole nitrogens is 1. The van der Waals surface area contributed by atoms with Crippen molar-refractivity contribution in [3.05, 3.63) is 10.8 Å². The van der Waals surface area contributed by atoms with E-state index in [0.717, 1.165) is 5.01 Å². The smallest absolute Gasteiger partial charge is 0.323 e. The van der Waals surface area contributed by atoms with E-state index in [1.54, 1.807) is 0 Å². The molecule has 5 heteroatoms. The molecule has 10 heavy (non-hydrogen) atoms. The van der Waals surface area contributed by atoms with Crippen molar-refractivity contribution in [1.82, 2.24) is 4.37 Å². The van der Waals surface area contributed by atoms with E-state index in [9.17, 15) is 4.79 Å². The van der Waals surface area contributed by atoms with Crippen LogP contribution in [0, 0.1) is 6.92 Å². The minimum absolute atomic E-state index is 0.0235. The van der Waals surface area contributed by atoms with Crippen molar-refractivity contribution < 1.29 is 14.9 Å². The fraction of sp³-hybridized carbons (Fsp3) is 0.400. The third kappa shape index (κ3) is 1.77. The Kier molecular flexibility index (Phi) is 1.96. The number of carboxylic acids is 1. The number of aryl methyl sites for hydroxylation is 1. The van der Waals surface area contributed by atoms with Crippen LogP contribution in [0.25, 0.3) is 0 Å². The van der Waals surface area contributed by atoms with Crippen LogP contribution in [0.5, 0.6) is 0 Å². The molecule has 0 atom stereocenters. The van der Waals surface area contributed by atoms with Crippen molar-refractivity contribution in [3.8, 4) is 0 Å². The van der Waals surface area contributed by atoms with Crippen LogP contribution < -0.4 is 4.98 Å². The Labute approximate surface area is 61.7 Å². The van der Waals surface area contributed by atoms with E-state index in [1.165, 1.54) is 11.5 Å². The topological polar surface area (TPSA) is 64.3 Å². The standard InChI is InChI=1S/C5H6N2O2S/c1-3-6-4(7-10-3)2-5(8)9/h2H2,1H3,(H,8,9)/p+1. The van der Waals surface area contributed by atoms with Crippen LogP contribution >= 0.6 is 11.5 Å². The van der Waals surface area contributed by atoms with Gasteiger partial charge in [0.15, 0.2) is 11.4 Å². The summed E-state index contributed by atoms with van der Waals surface area (Å²) >= 11 is 1.28. The van der Waals surface area contributed by atoms with Crippen molar-refractivity contribution in [2.75, 3.05) is 0 Å². The van der Waals surface area contributed by atoms with Crippen molar-refractivity contribution in [2.45, 2.75) is 13.3 Å². The summed E-state index contributed by atoms with van der Waals surface area (Å²) in [6.07, 6.45) is -0.0235. The predicted octanol–water partition coefficient (Wildman–Crippen LogP) is -0.107. The molecule has 0 amide bonds. The Balaban J connectivity index is 2.67. The maximum Gasteiger partial charge on any atom is 0.323 e. The molecule has 1 aromatic rings. The second-order valence-corrected chi connectivity index (χ2v) is 2.86. The lowest BCUT2D eigenvalue weighted by Gasteiger charge is -1.77. The molecule has 1 aromatic heterocycles. The molecular weight excluding hydrogens is 152 g/mol. The van der Waals surface area contributed by atoms with Gasteiger partial charge in [-0.05, 0) is 0 Å². The van der Waals surface area contributed by atoms with Crippen LogP contribution in [0.15, 0.2) is 0 Å². The molecule has 0 saturated carbocycles. The molecule has 0 aliphatic rings. The quantitative estimate of drug-likeness (QED) is 0.655. The molecule has 1 heterocycles. The minimum atomic E-state index is -0.860. The van der Waals surface area contributed by atoms with Crippen LogP contribution in [0.2, 0.25) is 0 Å². The van der Waals surface area contributed by atoms with E-state index in [4.69, 9.17) is 5.11 Å². The van der Waals surface area contributed by atoms with E-state index < -0.39 is 5.97 Å². The number of nitrogens with zero attached hydrogens (tertiary/aromatic N) is 1. The highest BCUT2D eigenvalue weighted by Gasteiger charge is 2.12. The summed E-state index contributed by atoms with van der Waals surface area (Å²) in [6, 6.07) is 0. The second kappa shape index (κ2) is 2.74. The van der Waals surface area contributed by atoms with E-state index in [-0.39, 0.29) is 6.42 Å². The molecule has 0 radical (unpaired) electrons. The van der Waals surface area contributed by atoms with Crippen LogP contribution in [0.4, 0.5) is 0 Å². The fourth-order valence-electron chi connectivity index (χ4n) is 0.592. The highest BCUT2D eigenvalue weighted by molar-refractivity contribution is 7.04. The summed E-state index contributed by atoms with van der Waals surface area (Å²) in [7, 11) is 0. The summed E-state index contributed by atoms with van der Waals surface area (Å²) in [5.41, 5.74) is 0. The van der Waals surface area contributed by atoms with Gasteiger partial charge in [-0.15, -0.1) is 0 Å². The number of carbonyl (C=O) groups is 1. The van der Waals surface area contributed by atoms with Gasteiger partial charge in [0.25, 0.3) is 0 Å². The number of hydrogen-bond donors (Lipinski definition) is 1. The Morgan fingerprint density at radius 3 is 3.00 bits per heavy atom. The molecule has 0 fully saturated rings. The zero-order chi connectivity index (χ0) is 7.56. The maximum absolute atomic E-state index is 10.1. The molecule has 1 rings (SSSR count).